The van der Waals surface area contributed by atoms with Crippen molar-refractivity contribution in [1.29, 1.82) is 0 Å². The third-order valence-corrected chi connectivity index (χ3v) is 4.30. The number of benzene rings is 1. The summed E-state index contributed by atoms with van der Waals surface area (Å²) in [6, 6.07) is 10.3. The van der Waals surface area contributed by atoms with Gasteiger partial charge < -0.3 is 5.73 Å². The van der Waals surface area contributed by atoms with E-state index in [1.165, 1.54) is 0 Å². The number of nitrogens with two attached hydrogens (primary N) is 1. The minimum absolute atomic E-state index is 0.130. The lowest BCUT2D eigenvalue weighted by atomic mass is 10.2. The lowest BCUT2D eigenvalue weighted by Gasteiger charge is -2.11. The fourth-order valence-electron chi connectivity index (χ4n) is 1.79. The number of aryl methyl sites for hydroxylation is 1. The Bertz CT molecular complexity index is 649. The maximum Gasteiger partial charge on any atom is 0.243 e. The monoisotopic (exact) mass is 277 g/mol. The van der Waals surface area contributed by atoms with Crippen LogP contribution in [0.5, 0.6) is 0 Å². The van der Waals surface area contributed by atoms with Crippen molar-refractivity contribution in [2.45, 2.75) is 18.4 Å². The predicted molar refractivity (Wildman–Crippen MR) is 73.9 cm³/mol. The van der Waals surface area contributed by atoms with Crippen LogP contribution in [0.1, 0.15) is 11.3 Å². The first-order valence-electron chi connectivity index (χ1n) is 5.75. The number of nitrogen functional groups attached to an aromatic ring is 1. The van der Waals surface area contributed by atoms with Crippen molar-refractivity contribution in [1.82, 2.24) is 9.71 Å². The third kappa shape index (κ3) is 3.10. The van der Waals surface area contributed by atoms with Crippen LogP contribution in [0.4, 0.5) is 5.69 Å². The summed E-state index contributed by atoms with van der Waals surface area (Å²) >= 11 is 0. The van der Waals surface area contributed by atoms with E-state index < -0.39 is 10.0 Å². The molecule has 0 amide bonds. The molecule has 0 aliphatic rings. The van der Waals surface area contributed by atoms with Gasteiger partial charge in [0.05, 0.1) is 17.9 Å². The van der Waals surface area contributed by atoms with E-state index in [1.54, 1.807) is 49.5 Å². The van der Waals surface area contributed by atoms with Crippen molar-refractivity contribution < 1.29 is 8.42 Å². The molecule has 0 saturated carbocycles. The molecule has 0 radical (unpaired) electrons. The molecule has 1 heterocycles. The molecule has 0 unspecified atom stereocenters. The quantitative estimate of drug-likeness (QED) is 0.828. The summed E-state index contributed by atoms with van der Waals surface area (Å²) in [5.74, 6) is 0. The first-order valence-corrected chi connectivity index (χ1v) is 7.24. The van der Waals surface area contributed by atoms with Crippen LogP contribution in [0.2, 0.25) is 0 Å². The molecule has 0 aliphatic carbocycles. The van der Waals surface area contributed by atoms with E-state index in [1.807, 2.05) is 0 Å². The standard InChI is InChI=1S/C13H15N3O2S/c1-10-5-4-7-12(14)13(10)19(17,18)16-9-11-6-2-3-8-15-11/h2-8,16H,9,14H2,1H3. The van der Waals surface area contributed by atoms with Gasteiger partial charge in [-0.05, 0) is 30.7 Å². The highest BCUT2D eigenvalue weighted by atomic mass is 32.2. The summed E-state index contributed by atoms with van der Waals surface area (Å²) < 4.78 is 27.0. The Morgan fingerprint density at radius 2 is 2.00 bits per heavy atom. The Morgan fingerprint density at radius 1 is 1.21 bits per heavy atom. The predicted octanol–water partition coefficient (Wildman–Crippen LogP) is 1.45. The molecule has 2 aromatic rings. The molecule has 0 bridgehead atoms. The Morgan fingerprint density at radius 3 is 2.63 bits per heavy atom. The van der Waals surface area contributed by atoms with Gasteiger partial charge in [0, 0.05) is 6.20 Å². The Kier molecular flexibility index (Phi) is 3.82. The molecule has 19 heavy (non-hydrogen) atoms. The molecule has 100 valence electrons. The maximum absolute atomic E-state index is 12.2. The van der Waals surface area contributed by atoms with Gasteiger partial charge in [-0.25, -0.2) is 13.1 Å². The van der Waals surface area contributed by atoms with E-state index in [4.69, 9.17) is 5.73 Å². The smallest absolute Gasteiger partial charge is 0.243 e. The highest BCUT2D eigenvalue weighted by Gasteiger charge is 2.19. The number of aromatic nitrogens is 1. The fraction of sp³-hybridized carbons (Fsp3) is 0.154. The molecule has 1 aromatic carbocycles. The van der Waals surface area contributed by atoms with E-state index in [9.17, 15) is 8.42 Å². The maximum atomic E-state index is 12.2. The van der Waals surface area contributed by atoms with Crippen LogP contribution < -0.4 is 10.5 Å². The van der Waals surface area contributed by atoms with Crippen molar-refractivity contribution in [3.05, 3.63) is 53.9 Å². The lowest BCUT2D eigenvalue weighted by Crippen LogP contribution is -2.25. The van der Waals surface area contributed by atoms with Crippen molar-refractivity contribution in [2.75, 3.05) is 5.73 Å². The largest absolute Gasteiger partial charge is 0.398 e. The van der Waals surface area contributed by atoms with Crippen LogP contribution in [0.25, 0.3) is 0 Å². The van der Waals surface area contributed by atoms with Gasteiger partial charge in [-0.3, -0.25) is 4.98 Å². The van der Waals surface area contributed by atoms with E-state index >= 15 is 0 Å². The van der Waals surface area contributed by atoms with E-state index in [-0.39, 0.29) is 17.1 Å². The van der Waals surface area contributed by atoms with Crippen LogP contribution in [-0.2, 0) is 16.6 Å². The second-order valence-electron chi connectivity index (χ2n) is 4.14. The number of hydrogen-bond donors (Lipinski definition) is 2. The lowest BCUT2D eigenvalue weighted by molar-refractivity contribution is 0.580. The fourth-order valence-corrected chi connectivity index (χ4v) is 3.14. The van der Waals surface area contributed by atoms with Crippen molar-refractivity contribution in [3.63, 3.8) is 0 Å². The third-order valence-electron chi connectivity index (χ3n) is 2.68. The number of rotatable bonds is 4. The summed E-state index contributed by atoms with van der Waals surface area (Å²) in [5, 5.41) is 0. The Hall–Kier alpha value is -1.92. The van der Waals surface area contributed by atoms with Gasteiger partial charge in [0.1, 0.15) is 4.90 Å². The van der Waals surface area contributed by atoms with Crippen LogP contribution in [-0.4, -0.2) is 13.4 Å². The number of pyridine rings is 1. The van der Waals surface area contributed by atoms with Gasteiger partial charge >= 0.3 is 0 Å². The summed E-state index contributed by atoms with van der Waals surface area (Å²) in [6.07, 6.45) is 1.62. The van der Waals surface area contributed by atoms with Crippen molar-refractivity contribution in [3.8, 4) is 0 Å². The molecule has 0 atom stereocenters. The van der Waals surface area contributed by atoms with Crippen molar-refractivity contribution >= 4 is 15.7 Å². The molecular weight excluding hydrogens is 262 g/mol. The van der Waals surface area contributed by atoms with Crippen LogP contribution in [0.3, 0.4) is 0 Å². The van der Waals surface area contributed by atoms with Crippen LogP contribution in [0, 0.1) is 6.92 Å². The zero-order chi connectivity index (χ0) is 13.9. The van der Waals surface area contributed by atoms with Gasteiger partial charge in [0.25, 0.3) is 0 Å². The highest BCUT2D eigenvalue weighted by molar-refractivity contribution is 7.89. The second kappa shape index (κ2) is 5.38. The van der Waals surface area contributed by atoms with E-state index in [2.05, 4.69) is 9.71 Å². The Balaban J connectivity index is 2.24. The number of sulfonamides is 1. The molecule has 6 heteroatoms. The molecular formula is C13H15N3O2S. The number of hydrogen-bond acceptors (Lipinski definition) is 4. The summed E-state index contributed by atoms with van der Waals surface area (Å²) in [6.45, 7) is 1.85. The molecule has 0 fully saturated rings. The highest BCUT2D eigenvalue weighted by Crippen LogP contribution is 2.21. The van der Waals surface area contributed by atoms with E-state index in [0.29, 0.717) is 11.3 Å². The van der Waals surface area contributed by atoms with Gasteiger partial charge in [0.15, 0.2) is 0 Å². The van der Waals surface area contributed by atoms with Gasteiger partial charge in [0.2, 0.25) is 10.0 Å². The zero-order valence-corrected chi connectivity index (χ0v) is 11.3. The first-order chi connectivity index (χ1) is 9.00. The Labute approximate surface area is 112 Å². The van der Waals surface area contributed by atoms with E-state index in [0.717, 1.165) is 0 Å². The molecule has 3 N–H and O–H groups in total. The average Bonchev–Trinajstić information content (AvgIpc) is 2.37. The number of anilines is 1. The SMILES string of the molecule is Cc1cccc(N)c1S(=O)(=O)NCc1ccccn1. The first kappa shape index (κ1) is 13.5. The minimum atomic E-state index is -3.63. The normalized spacial score (nSPS) is 11.4. The molecule has 5 nitrogen and oxygen atoms in total. The van der Waals surface area contributed by atoms with Crippen molar-refractivity contribution in [2.24, 2.45) is 0 Å². The molecule has 0 aliphatic heterocycles. The topological polar surface area (TPSA) is 85.1 Å². The average molecular weight is 277 g/mol. The van der Waals surface area contributed by atoms with Crippen LogP contribution in [0.15, 0.2) is 47.5 Å². The molecule has 2 rings (SSSR count). The second-order valence-corrected chi connectivity index (χ2v) is 5.84. The van der Waals surface area contributed by atoms with Gasteiger partial charge in [-0.2, -0.15) is 0 Å². The minimum Gasteiger partial charge on any atom is -0.398 e. The van der Waals surface area contributed by atoms with Crippen LogP contribution >= 0.6 is 0 Å². The van der Waals surface area contributed by atoms with Gasteiger partial charge in [-0.1, -0.05) is 18.2 Å². The molecule has 1 aromatic heterocycles. The zero-order valence-electron chi connectivity index (χ0n) is 10.5. The van der Waals surface area contributed by atoms with Gasteiger partial charge in [-0.15, -0.1) is 0 Å². The number of nitrogens with one attached hydrogen (secondary N) is 1. The number of nitrogens with zero attached hydrogens (tertiary/aromatic N) is 1. The summed E-state index contributed by atoms with van der Waals surface area (Å²) in [5.41, 5.74) is 7.26. The summed E-state index contributed by atoms with van der Waals surface area (Å²) in [7, 11) is -3.63. The summed E-state index contributed by atoms with van der Waals surface area (Å²) in [4.78, 5) is 4.19. The molecule has 0 saturated heterocycles. The molecule has 0 spiro atoms.